The molecule has 1 fully saturated rings. The predicted octanol–water partition coefficient (Wildman–Crippen LogP) is 0.703. The molecule has 13 heavy (non-hydrogen) atoms. The van der Waals surface area contributed by atoms with E-state index in [9.17, 15) is 4.79 Å². The average Bonchev–Trinajstić information content (AvgIpc) is 2.87. The van der Waals surface area contributed by atoms with E-state index in [0.717, 1.165) is 25.7 Å². The largest absolute Gasteiger partial charge is 0.348 e. The monoisotopic (exact) mass is 180 g/mol. The first-order chi connectivity index (χ1) is 6.21. The molecular weight excluding hydrogens is 164 g/mol. The lowest BCUT2D eigenvalue weighted by Crippen LogP contribution is -2.46. The Kier molecular flexibility index (Phi) is 2.12. The molecule has 0 heterocycles. The zero-order valence-corrected chi connectivity index (χ0v) is 7.75. The first-order valence-corrected chi connectivity index (χ1v) is 4.97. The van der Waals surface area contributed by atoms with Crippen molar-refractivity contribution in [2.75, 3.05) is 0 Å². The van der Waals surface area contributed by atoms with E-state index >= 15 is 0 Å². The van der Waals surface area contributed by atoms with Crippen LogP contribution < -0.4 is 11.1 Å². The molecular formula is C10H16N2O. The number of rotatable bonds is 2. The quantitative estimate of drug-likeness (QED) is 0.615. The van der Waals surface area contributed by atoms with Crippen molar-refractivity contribution in [2.45, 2.75) is 43.7 Å². The Balaban J connectivity index is 1.86. The molecule has 0 radical (unpaired) electrons. The fraction of sp³-hybridized carbons (Fsp3) is 0.700. The van der Waals surface area contributed by atoms with Gasteiger partial charge < -0.3 is 11.1 Å². The van der Waals surface area contributed by atoms with Gasteiger partial charge in [0, 0.05) is 6.04 Å². The van der Waals surface area contributed by atoms with Crippen LogP contribution in [-0.4, -0.2) is 17.5 Å². The third-order valence-corrected chi connectivity index (χ3v) is 2.81. The normalized spacial score (nSPS) is 29.8. The highest BCUT2D eigenvalue weighted by atomic mass is 16.2. The third kappa shape index (κ3) is 1.91. The Labute approximate surface area is 78.4 Å². The van der Waals surface area contributed by atoms with Gasteiger partial charge in [-0.15, -0.1) is 0 Å². The zero-order valence-electron chi connectivity index (χ0n) is 7.75. The minimum absolute atomic E-state index is 0.0315. The summed E-state index contributed by atoms with van der Waals surface area (Å²) in [5.41, 5.74) is 5.25. The predicted molar refractivity (Wildman–Crippen MR) is 51.1 cm³/mol. The van der Waals surface area contributed by atoms with E-state index in [1.807, 2.05) is 0 Å². The van der Waals surface area contributed by atoms with Crippen molar-refractivity contribution in [1.82, 2.24) is 5.32 Å². The summed E-state index contributed by atoms with van der Waals surface area (Å²) in [4.78, 5) is 11.5. The second-order valence-electron chi connectivity index (χ2n) is 4.10. The van der Waals surface area contributed by atoms with Crippen molar-refractivity contribution in [3.05, 3.63) is 12.2 Å². The Morgan fingerprint density at radius 2 is 2.31 bits per heavy atom. The van der Waals surface area contributed by atoms with Gasteiger partial charge in [-0.3, -0.25) is 4.79 Å². The second kappa shape index (κ2) is 3.14. The zero-order chi connectivity index (χ0) is 9.31. The lowest BCUT2D eigenvalue weighted by molar-refractivity contribution is -0.123. The van der Waals surface area contributed by atoms with E-state index < -0.39 is 5.54 Å². The minimum atomic E-state index is -0.523. The van der Waals surface area contributed by atoms with Gasteiger partial charge >= 0.3 is 0 Å². The highest BCUT2D eigenvalue weighted by Gasteiger charge is 2.46. The summed E-state index contributed by atoms with van der Waals surface area (Å²) in [5.74, 6) is 0.0315. The summed E-state index contributed by atoms with van der Waals surface area (Å²) in [6.07, 6.45) is 9.25. The summed E-state index contributed by atoms with van der Waals surface area (Å²) in [7, 11) is 0. The van der Waals surface area contributed by atoms with E-state index in [2.05, 4.69) is 17.5 Å². The van der Waals surface area contributed by atoms with Crippen LogP contribution in [0.25, 0.3) is 0 Å². The minimum Gasteiger partial charge on any atom is -0.348 e. The molecule has 2 rings (SSSR count). The van der Waals surface area contributed by atoms with Crippen molar-refractivity contribution in [3.63, 3.8) is 0 Å². The maximum Gasteiger partial charge on any atom is 0.240 e. The molecule has 0 aromatic heterocycles. The van der Waals surface area contributed by atoms with Crippen LogP contribution in [0.4, 0.5) is 0 Å². The molecule has 0 saturated heterocycles. The molecule has 0 aromatic carbocycles. The van der Waals surface area contributed by atoms with E-state index in [4.69, 9.17) is 5.73 Å². The topological polar surface area (TPSA) is 55.1 Å². The van der Waals surface area contributed by atoms with Crippen molar-refractivity contribution in [2.24, 2.45) is 5.73 Å². The number of nitrogens with one attached hydrogen (secondary N) is 1. The molecule has 3 nitrogen and oxygen atoms in total. The van der Waals surface area contributed by atoms with Gasteiger partial charge in [0.1, 0.15) is 0 Å². The van der Waals surface area contributed by atoms with Crippen molar-refractivity contribution < 1.29 is 4.79 Å². The van der Waals surface area contributed by atoms with E-state index in [0.29, 0.717) is 0 Å². The van der Waals surface area contributed by atoms with Gasteiger partial charge in [0.05, 0.1) is 5.54 Å². The molecule has 0 aliphatic heterocycles. The standard InChI is InChI=1S/C10H16N2O/c11-10(6-7-10)9(13)12-8-4-2-1-3-5-8/h2,4,8H,1,3,5-7,11H2,(H,12,13). The Morgan fingerprint density at radius 1 is 1.54 bits per heavy atom. The maximum atomic E-state index is 11.5. The highest BCUT2D eigenvalue weighted by molar-refractivity contribution is 5.89. The molecule has 0 bridgehead atoms. The fourth-order valence-electron chi connectivity index (χ4n) is 1.61. The van der Waals surface area contributed by atoms with Crippen molar-refractivity contribution in [3.8, 4) is 0 Å². The van der Waals surface area contributed by atoms with Crippen LogP contribution in [0.1, 0.15) is 32.1 Å². The van der Waals surface area contributed by atoms with Gasteiger partial charge in [0.15, 0.2) is 0 Å². The van der Waals surface area contributed by atoms with Gasteiger partial charge in [-0.2, -0.15) is 0 Å². The van der Waals surface area contributed by atoms with Gasteiger partial charge in [-0.25, -0.2) is 0 Å². The Morgan fingerprint density at radius 3 is 2.85 bits per heavy atom. The molecule has 3 N–H and O–H groups in total. The van der Waals surface area contributed by atoms with Crippen LogP contribution in [-0.2, 0) is 4.79 Å². The van der Waals surface area contributed by atoms with Crippen LogP contribution in [0.3, 0.4) is 0 Å². The summed E-state index contributed by atoms with van der Waals surface area (Å²) in [5, 5.41) is 2.97. The van der Waals surface area contributed by atoms with Crippen LogP contribution in [0.15, 0.2) is 12.2 Å². The number of amides is 1. The molecule has 1 unspecified atom stereocenters. The van der Waals surface area contributed by atoms with Crippen LogP contribution in [0.2, 0.25) is 0 Å². The van der Waals surface area contributed by atoms with E-state index in [-0.39, 0.29) is 11.9 Å². The van der Waals surface area contributed by atoms with E-state index in [1.54, 1.807) is 0 Å². The third-order valence-electron chi connectivity index (χ3n) is 2.81. The van der Waals surface area contributed by atoms with Gasteiger partial charge in [-0.05, 0) is 32.1 Å². The smallest absolute Gasteiger partial charge is 0.240 e. The van der Waals surface area contributed by atoms with Gasteiger partial charge in [0.25, 0.3) is 0 Å². The number of hydrogen-bond donors (Lipinski definition) is 2. The van der Waals surface area contributed by atoms with E-state index in [1.165, 1.54) is 6.42 Å². The second-order valence-corrected chi connectivity index (χ2v) is 4.10. The van der Waals surface area contributed by atoms with Crippen molar-refractivity contribution in [1.29, 1.82) is 0 Å². The molecule has 1 atom stereocenters. The lowest BCUT2D eigenvalue weighted by Gasteiger charge is -2.20. The SMILES string of the molecule is NC1(C(=O)NC2C=CCCC2)CC1. The first-order valence-electron chi connectivity index (χ1n) is 4.97. The number of nitrogens with two attached hydrogens (primary N) is 1. The Bertz CT molecular complexity index is 243. The maximum absolute atomic E-state index is 11.5. The summed E-state index contributed by atoms with van der Waals surface area (Å²) in [6.45, 7) is 0. The molecule has 1 amide bonds. The van der Waals surface area contributed by atoms with Gasteiger partial charge in [0.2, 0.25) is 5.91 Å². The molecule has 0 spiro atoms. The number of allylic oxidation sites excluding steroid dienone is 1. The van der Waals surface area contributed by atoms with Crippen molar-refractivity contribution >= 4 is 5.91 Å². The molecule has 72 valence electrons. The fourth-order valence-corrected chi connectivity index (χ4v) is 1.61. The number of hydrogen-bond acceptors (Lipinski definition) is 2. The molecule has 0 aromatic rings. The average molecular weight is 180 g/mol. The van der Waals surface area contributed by atoms with Crippen LogP contribution in [0, 0.1) is 0 Å². The van der Waals surface area contributed by atoms with Crippen LogP contribution >= 0.6 is 0 Å². The number of carbonyl (C=O) groups excluding carboxylic acids is 1. The first kappa shape index (κ1) is 8.75. The molecule has 2 aliphatic rings. The molecule has 2 aliphatic carbocycles. The molecule has 3 heteroatoms. The van der Waals surface area contributed by atoms with Crippen LogP contribution in [0.5, 0.6) is 0 Å². The highest BCUT2D eigenvalue weighted by Crippen LogP contribution is 2.32. The molecule has 1 saturated carbocycles. The lowest BCUT2D eigenvalue weighted by atomic mass is 10.0. The van der Waals surface area contributed by atoms with Gasteiger partial charge in [-0.1, -0.05) is 12.2 Å². The summed E-state index contributed by atoms with van der Waals surface area (Å²) in [6, 6.07) is 0.224. The summed E-state index contributed by atoms with van der Waals surface area (Å²) >= 11 is 0. The summed E-state index contributed by atoms with van der Waals surface area (Å²) < 4.78 is 0. The number of carbonyl (C=O) groups is 1. The Hall–Kier alpha value is -0.830.